The van der Waals surface area contributed by atoms with E-state index in [-0.39, 0.29) is 30.5 Å². The van der Waals surface area contributed by atoms with Crippen LogP contribution in [0.5, 0.6) is 23.0 Å². The molecule has 0 aliphatic carbocycles. The summed E-state index contributed by atoms with van der Waals surface area (Å²) in [7, 11) is 4.58. The summed E-state index contributed by atoms with van der Waals surface area (Å²) < 4.78 is 28.5. The lowest BCUT2D eigenvalue weighted by molar-refractivity contribution is -0.377. The smallest absolute Gasteiger partial charge is 0.415 e. The number of rotatable bonds is 12. The quantitative estimate of drug-likeness (QED) is 0.153. The third-order valence-corrected chi connectivity index (χ3v) is 10.9. The highest BCUT2D eigenvalue weighted by molar-refractivity contribution is 7.14. The van der Waals surface area contributed by atoms with Crippen LogP contribution in [0.2, 0.25) is 10.0 Å². The zero-order valence-corrected chi connectivity index (χ0v) is 30.1. The minimum atomic E-state index is -0.799. The molecule has 2 aromatic carbocycles. The van der Waals surface area contributed by atoms with Crippen LogP contribution in [-0.4, -0.2) is 69.1 Å². The Morgan fingerprint density at radius 3 is 2.38 bits per heavy atom. The van der Waals surface area contributed by atoms with E-state index in [2.05, 4.69) is 9.88 Å². The van der Waals surface area contributed by atoms with Crippen molar-refractivity contribution in [1.29, 1.82) is 0 Å². The molecule has 0 radical (unpaired) electrons. The third kappa shape index (κ3) is 7.88. The van der Waals surface area contributed by atoms with Crippen molar-refractivity contribution in [3.8, 4) is 23.0 Å². The van der Waals surface area contributed by atoms with Gasteiger partial charge in [-0.05, 0) is 73.8 Å². The van der Waals surface area contributed by atoms with Crippen LogP contribution < -0.4 is 24.1 Å². The van der Waals surface area contributed by atoms with Crippen LogP contribution in [0.25, 0.3) is 0 Å². The Bertz CT molecular complexity index is 1830. The summed E-state index contributed by atoms with van der Waals surface area (Å²) in [4.78, 5) is 35.1. The number of thiophene rings is 1. The van der Waals surface area contributed by atoms with Gasteiger partial charge in [-0.15, -0.1) is 11.3 Å². The number of esters is 1. The molecular weight excluding hydrogens is 705 g/mol. The van der Waals surface area contributed by atoms with E-state index in [9.17, 15) is 14.7 Å². The first kappa shape index (κ1) is 35.6. The number of pyridine rings is 1. The van der Waals surface area contributed by atoms with E-state index in [0.29, 0.717) is 60.6 Å². The first-order valence-electron chi connectivity index (χ1n) is 16.1. The average Bonchev–Trinajstić information content (AvgIpc) is 3.61. The number of phenols is 1. The number of fused-ring (bicyclic) bond motifs is 3. The summed E-state index contributed by atoms with van der Waals surface area (Å²) in [5, 5.41) is 11.6. The summed E-state index contributed by atoms with van der Waals surface area (Å²) in [5.41, 5.74) is 1.47. The van der Waals surface area contributed by atoms with Gasteiger partial charge in [0.05, 0.1) is 33.6 Å². The first-order valence-corrected chi connectivity index (χ1v) is 17.7. The predicted molar refractivity (Wildman–Crippen MR) is 189 cm³/mol. The SMILES string of the molecule is COc1ccc(O)c(N(Cc2ccc(C(=O)O[C@@H](Cc3c(Cl)c[nH+]cc3Cl)c3ccc(OC)c(OC)c3)s2)C(=O)O[C@H]2CN3CCC2CC3)c1. The van der Waals surface area contributed by atoms with E-state index in [0.717, 1.165) is 25.9 Å². The maximum Gasteiger partial charge on any atom is 0.415 e. The second kappa shape index (κ2) is 15.8. The lowest BCUT2D eigenvalue weighted by atomic mass is 9.86. The van der Waals surface area contributed by atoms with Crippen LogP contribution >= 0.6 is 34.5 Å². The Balaban J connectivity index is 1.25. The van der Waals surface area contributed by atoms with E-state index < -0.39 is 18.2 Å². The summed E-state index contributed by atoms with van der Waals surface area (Å²) in [5.74, 6) is 1.06. The molecule has 3 aliphatic heterocycles. The minimum absolute atomic E-state index is 0.0312. The highest BCUT2D eigenvalue weighted by Gasteiger charge is 2.38. The topological polar surface area (TPSA) is 121 Å². The number of hydrogen-bond acceptors (Lipinski definition) is 10. The normalized spacial score (nSPS) is 18.6. The number of carbonyl (C=O) groups is 2. The highest BCUT2D eigenvalue weighted by atomic mass is 35.5. The lowest BCUT2D eigenvalue weighted by Crippen LogP contribution is -2.53. The molecular formula is C36H38Cl2N3O8S+. The maximum absolute atomic E-state index is 13.8. The van der Waals surface area contributed by atoms with Gasteiger partial charge in [0.1, 0.15) is 38.6 Å². The number of hydrogen-bond donors (Lipinski definition) is 1. The number of H-pyrrole nitrogens is 1. The number of benzene rings is 2. The minimum Gasteiger partial charge on any atom is -0.506 e. The van der Waals surface area contributed by atoms with Crippen LogP contribution in [0, 0.1) is 5.92 Å². The number of anilines is 1. The maximum atomic E-state index is 13.8. The molecule has 4 aromatic rings. The highest BCUT2D eigenvalue weighted by Crippen LogP contribution is 2.38. The molecule has 3 aliphatic rings. The summed E-state index contributed by atoms with van der Waals surface area (Å²) in [6.07, 6.45) is 3.71. The molecule has 2 atom stereocenters. The fourth-order valence-electron chi connectivity index (χ4n) is 6.38. The molecule has 2 aromatic heterocycles. The van der Waals surface area contributed by atoms with Gasteiger partial charge in [-0.25, -0.2) is 14.6 Å². The summed E-state index contributed by atoms with van der Waals surface area (Å²) in [6.45, 7) is 2.72. The number of aromatic nitrogens is 1. The van der Waals surface area contributed by atoms with Crippen molar-refractivity contribution in [2.45, 2.75) is 38.0 Å². The number of phenolic OH excluding ortho intramolecular Hbond substituents is 1. The standard InChI is InChI=1S/C36H37Cl2N3O8S/c1-45-23-5-7-29(42)28(15-23)41(36(44)49-33-20-40-12-10-21(33)11-13-40)19-24-6-9-34(50-24)35(43)48-31(16-25-26(37)17-39-18-27(25)38)22-4-8-30(46-2)32(14-22)47-3/h4-9,14-15,17-18,21,31,33,42H,10-13,16,19-20H2,1-3H3/p+1/t31-,33-/m0/s1. The zero-order chi connectivity index (χ0) is 35.4. The van der Waals surface area contributed by atoms with Crippen LogP contribution in [0.15, 0.2) is 60.9 Å². The Morgan fingerprint density at radius 1 is 0.980 bits per heavy atom. The number of carbonyl (C=O) groups excluding carboxylic acids is 2. The number of methoxy groups -OCH3 is 3. The predicted octanol–water partition coefficient (Wildman–Crippen LogP) is 6.98. The van der Waals surface area contributed by atoms with Gasteiger partial charge in [0.15, 0.2) is 23.9 Å². The number of halogens is 2. The summed E-state index contributed by atoms with van der Waals surface area (Å²) >= 11 is 14.2. The number of piperidine rings is 3. The first-order chi connectivity index (χ1) is 24.2. The monoisotopic (exact) mass is 742 g/mol. The van der Waals surface area contributed by atoms with Gasteiger partial charge in [-0.2, -0.15) is 0 Å². The zero-order valence-electron chi connectivity index (χ0n) is 27.8. The molecule has 50 heavy (non-hydrogen) atoms. The second-order valence-corrected chi connectivity index (χ2v) is 14.1. The van der Waals surface area contributed by atoms with E-state index in [1.165, 1.54) is 43.6 Å². The van der Waals surface area contributed by atoms with Crippen LogP contribution in [0.3, 0.4) is 0 Å². The Hall–Kier alpha value is -4.23. The Kier molecular flexibility index (Phi) is 11.2. The van der Waals surface area contributed by atoms with Crippen molar-refractivity contribution in [3.63, 3.8) is 0 Å². The number of nitrogens with zero attached hydrogens (tertiary/aromatic N) is 2. The van der Waals surface area contributed by atoms with Gasteiger partial charge >= 0.3 is 12.1 Å². The molecule has 264 valence electrons. The number of aromatic amines is 1. The van der Waals surface area contributed by atoms with Crippen molar-refractivity contribution < 1.29 is 43.4 Å². The molecule has 0 saturated carbocycles. The van der Waals surface area contributed by atoms with Crippen LogP contribution in [0.4, 0.5) is 10.5 Å². The van der Waals surface area contributed by atoms with Crippen molar-refractivity contribution in [2.75, 3.05) is 45.9 Å². The number of ether oxygens (including phenoxy) is 5. The molecule has 3 saturated heterocycles. The third-order valence-electron chi connectivity index (χ3n) is 9.13. The van der Waals surface area contributed by atoms with Gasteiger partial charge in [0, 0.05) is 29.5 Å². The largest absolute Gasteiger partial charge is 0.506 e. The van der Waals surface area contributed by atoms with Crippen molar-refractivity contribution >= 4 is 52.3 Å². The van der Waals surface area contributed by atoms with E-state index >= 15 is 0 Å². The fourth-order valence-corrected chi connectivity index (χ4v) is 7.80. The average molecular weight is 744 g/mol. The molecule has 0 spiro atoms. The number of aromatic hydroxyl groups is 1. The van der Waals surface area contributed by atoms with Gasteiger partial charge in [-0.3, -0.25) is 9.80 Å². The van der Waals surface area contributed by atoms with E-state index in [1.54, 1.807) is 54.9 Å². The van der Waals surface area contributed by atoms with Crippen LogP contribution in [0.1, 0.15) is 44.6 Å². The van der Waals surface area contributed by atoms with Crippen LogP contribution in [-0.2, 0) is 22.4 Å². The van der Waals surface area contributed by atoms with Crippen molar-refractivity contribution in [2.24, 2.45) is 5.92 Å². The molecule has 3 fully saturated rings. The second-order valence-electron chi connectivity index (χ2n) is 12.1. The van der Waals surface area contributed by atoms with Crippen molar-refractivity contribution in [3.05, 3.63) is 91.9 Å². The van der Waals surface area contributed by atoms with Gasteiger partial charge < -0.3 is 28.8 Å². The molecule has 2 N–H and O–H groups in total. The van der Waals surface area contributed by atoms with Gasteiger partial charge in [-0.1, -0.05) is 29.3 Å². The molecule has 11 nitrogen and oxygen atoms in total. The Morgan fingerprint density at radius 2 is 1.72 bits per heavy atom. The van der Waals surface area contributed by atoms with Gasteiger partial charge in [0.25, 0.3) is 0 Å². The van der Waals surface area contributed by atoms with Gasteiger partial charge in [0.2, 0.25) is 0 Å². The summed E-state index contributed by atoms with van der Waals surface area (Å²) in [6, 6.07) is 13.3. The lowest BCUT2D eigenvalue weighted by Gasteiger charge is -2.44. The number of amides is 1. The van der Waals surface area contributed by atoms with E-state index in [4.69, 9.17) is 46.9 Å². The fraction of sp³-hybridized carbons (Fsp3) is 0.361. The van der Waals surface area contributed by atoms with E-state index in [1.807, 2.05) is 0 Å². The Labute approximate surface area is 304 Å². The molecule has 0 unspecified atom stereocenters. The molecule has 2 bridgehead atoms. The number of nitrogens with one attached hydrogen (secondary N) is 1. The molecule has 14 heteroatoms. The molecule has 7 rings (SSSR count). The van der Waals surface area contributed by atoms with Crippen molar-refractivity contribution in [1.82, 2.24) is 4.90 Å². The molecule has 5 heterocycles. The molecule has 1 amide bonds.